The number of aliphatic carboxylic acids is 1. The predicted octanol–water partition coefficient (Wildman–Crippen LogP) is 1.78. The number of carbonyl (C=O) groups excluding carboxylic acids is 4. The van der Waals surface area contributed by atoms with E-state index in [9.17, 15) is 29.1 Å². The number of esters is 4. The summed E-state index contributed by atoms with van der Waals surface area (Å²) in [5.74, 6) is -1.94. The van der Waals surface area contributed by atoms with Crippen LogP contribution in [0.4, 0.5) is 0 Å². The number of ether oxygens (including phenoxy) is 4. The summed E-state index contributed by atoms with van der Waals surface area (Å²) in [5, 5.41) is 19.5. The summed E-state index contributed by atoms with van der Waals surface area (Å²) >= 11 is 0. The number of aliphatic hydroxyl groups is 1. The van der Waals surface area contributed by atoms with Crippen molar-refractivity contribution in [3.8, 4) is 0 Å². The minimum atomic E-state index is -0.854. The summed E-state index contributed by atoms with van der Waals surface area (Å²) in [6.07, 6.45) is 21.9. The van der Waals surface area contributed by atoms with E-state index in [2.05, 4.69) is 13.8 Å². The van der Waals surface area contributed by atoms with Crippen LogP contribution in [0.2, 0.25) is 0 Å². The van der Waals surface area contributed by atoms with E-state index in [0.717, 1.165) is 64.2 Å². The number of halogens is 2. The maximum atomic E-state index is 12.8. The number of carboxylic acid groups (broad SMARTS) is 1. The molecule has 0 saturated carbocycles. The fourth-order valence-corrected chi connectivity index (χ4v) is 6.24. The molecule has 0 aromatic carbocycles. The van der Waals surface area contributed by atoms with Crippen molar-refractivity contribution >= 4 is 29.8 Å². The van der Waals surface area contributed by atoms with E-state index in [1.165, 1.54) is 71.6 Å². The molecule has 13 nitrogen and oxygen atoms in total. The van der Waals surface area contributed by atoms with Crippen molar-refractivity contribution < 1.29 is 86.9 Å². The van der Waals surface area contributed by atoms with Crippen LogP contribution in [0.1, 0.15) is 169 Å². The zero-order valence-electron chi connectivity index (χ0n) is 38.4. The normalized spacial score (nSPS) is 12.1. The van der Waals surface area contributed by atoms with Gasteiger partial charge in [-0.15, -0.1) is 0 Å². The lowest BCUT2D eigenvalue weighted by Gasteiger charge is -2.30. The molecule has 0 saturated heterocycles. The van der Waals surface area contributed by atoms with Crippen LogP contribution < -0.4 is 24.8 Å². The molecule has 0 heterocycles. The Morgan fingerprint density at radius 2 is 0.915 bits per heavy atom. The summed E-state index contributed by atoms with van der Waals surface area (Å²) in [7, 11) is 7.36. The lowest BCUT2D eigenvalue weighted by atomic mass is 9.99. The Morgan fingerprint density at radius 1 is 0.508 bits per heavy atom. The fourth-order valence-electron chi connectivity index (χ4n) is 6.24. The predicted molar refractivity (Wildman–Crippen MR) is 224 cm³/mol. The lowest BCUT2D eigenvalue weighted by molar-refractivity contribution is -0.883. The van der Waals surface area contributed by atoms with Crippen molar-refractivity contribution in [3.63, 3.8) is 0 Å². The topological polar surface area (TPSA) is 163 Å². The van der Waals surface area contributed by atoms with Gasteiger partial charge in [-0.3, -0.25) is 14.4 Å². The number of hydrogen-bond donors (Lipinski definition) is 2. The maximum Gasteiger partial charge on any atom is 0.362 e. The Morgan fingerprint density at radius 3 is 1.37 bits per heavy atom. The van der Waals surface area contributed by atoms with E-state index in [1.807, 2.05) is 14.1 Å². The lowest BCUT2D eigenvalue weighted by Crippen LogP contribution is -3.00. The smallest absolute Gasteiger partial charge is 0.362 e. The van der Waals surface area contributed by atoms with Gasteiger partial charge in [0.05, 0.1) is 40.9 Å². The molecule has 2 unspecified atom stereocenters. The van der Waals surface area contributed by atoms with Crippen LogP contribution in [0, 0.1) is 0 Å². The van der Waals surface area contributed by atoms with Gasteiger partial charge < -0.3 is 62.9 Å². The number of carbonyl (C=O) groups is 5. The van der Waals surface area contributed by atoms with Gasteiger partial charge in [0.2, 0.25) is 0 Å². The van der Waals surface area contributed by atoms with Crippen molar-refractivity contribution in [2.45, 2.75) is 181 Å². The molecule has 59 heavy (non-hydrogen) atoms. The van der Waals surface area contributed by atoms with E-state index >= 15 is 0 Å². The van der Waals surface area contributed by atoms with E-state index in [0.29, 0.717) is 47.9 Å². The van der Waals surface area contributed by atoms with Gasteiger partial charge in [-0.25, -0.2) is 9.59 Å². The molecule has 0 aliphatic rings. The minimum absolute atomic E-state index is 0. The summed E-state index contributed by atoms with van der Waals surface area (Å²) in [5.41, 5.74) is 0. The van der Waals surface area contributed by atoms with E-state index < -0.39 is 18.2 Å². The monoisotopic (exact) mass is 889 g/mol. The van der Waals surface area contributed by atoms with Gasteiger partial charge in [-0.2, -0.15) is 0 Å². The second kappa shape index (κ2) is 41.2. The number of likely N-dealkylation sites (N-methyl/N-ethyl adjacent to an activating group) is 2. The number of carboxylic acids is 1. The number of unbranched alkanes of at least 4 members (excludes halogenated alkanes) is 16. The van der Waals surface area contributed by atoms with Crippen LogP contribution in [0.5, 0.6) is 0 Å². The highest BCUT2D eigenvalue weighted by molar-refractivity contribution is 5.71. The largest absolute Gasteiger partial charge is 1.00 e. The summed E-state index contributed by atoms with van der Waals surface area (Å²) < 4.78 is 21.6. The molecular weight excluding hydrogens is 803 g/mol. The second-order valence-corrected chi connectivity index (χ2v) is 16.9. The average molecular weight is 890 g/mol. The highest BCUT2D eigenvalue weighted by atomic mass is 35.5. The Hall–Kier alpha value is -2.19. The van der Waals surface area contributed by atoms with E-state index in [4.69, 9.17) is 24.1 Å². The van der Waals surface area contributed by atoms with Gasteiger partial charge >= 0.3 is 29.8 Å². The van der Waals surface area contributed by atoms with Crippen LogP contribution in [-0.2, 0) is 42.9 Å². The molecule has 0 aliphatic heterocycles. The Balaban J connectivity index is -0.000000860. The van der Waals surface area contributed by atoms with Gasteiger partial charge in [0.15, 0.2) is 13.1 Å². The van der Waals surface area contributed by atoms with Crippen LogP contribution in [0.15, 0.2) is 0 Å². The quantitative estimate of drug-likeness (QED) is 0.0409. The maximum absolute atomic E-state index is 12.8. The molecule has 2 N–H and O–H groups in total. The van der Waals surface area contributed by atoms with Gasteiger partial charge in [0.1, 0.15) is 32.4 Å². The first-order valence-electron chi connectivity index (χ1n) is 22.1. The Bertz CT molecular complexity index is 1060. The third-order valence-electron chi connectivity index (χ3n) is 9.82. The standard InChI is InChI=1S/C36H70NO7.C8H15NO4.2ClH/c1-6-8-10-12-14-15-20-24-29-43-35(40)27-23-19-16-17-21-25-33(39)34(26-22-18-13-11-9-7-2)44-36(41)31-37(4,5)28-30-42-32(3)38;1-7(10)13-5-4-9(2,3)6-8(11)12;;/h33-34,39H,6-31H2,1-5H3;4-6H2,1-3H3;2*1H/q+1;;;/p-1. The average Bonchev–Trinajstić information content (AvgIpc) is 3.10. The van der Waals surface area contributed by atoms with Crippen molar-refractivity contribution in [3.05, 3.63) is 0 Å². The molecule has 0 rings (SSSR count). The zero-order chi connectivity index (χ0) is 43.4. The first-order chi connectivity index (χ1) is 26.9. The summed E-state index contributed by atoms with van der Waals surface area (Å²) in [4.78, 5) is 56.7. The third kappa shape index (κ3) is 46.7. The minimum Gasteiger partial charge on any atom is -1.00 e. The molecule has 0 spiro atoms. The fraction of sp³-hybridized carbons (Fsp3) is 0.886. The van der Waals surface area contributed by atoms with E-state index in [-0.39, 0.29) is 75.0 Å². The molecule has 2 atom stereocenters. The summed E-state index contributed by atoms with van der Waals surface area (Å²) in [6, 6.07) is 0. The molecule has 15 heteroatoms. The van der Waals surface area contributed by atoms with Crippen LogP contribution in [0.3, 0.4) is 0 Å². The highest BCUT2D eigenvalue weighted by Crippen LogP contribution is 2.19. The Labute approximate surface area is 371 Å². The van der Waals surface area contributed by atoms with Crippen molar-refractivity contribution in [1.82, 2.24) is 0 Å². The van der Waals surface area contributed by atoms with Gasteiger partial charge in [0, 0.05) is 20.3 Å². The number of aliphatic hydroxyl groups excluding tert-OH is 1. The molecule has 0 amide bonds. The van der Waals surface area contributed by atoms with Crippen molar-refractivity contribution in [1.29, 1.82) is 0 Å². The first-order valence-corrected chi connectivity index (χ1v) is 22.1. The molecule has 0 bridgehead atoms. The molecule has 0 aromatic heterocycles. The van der Waals surface area contributed by atoms with Gasteiger partial charge in [0.25, 0.3) is 0 Å². The number of hydrogen-bond acceptors (Lipinski definition) is 10. The number of nitrogens with zero attached hydrogens (tertiary/aromatic N) is 2. The molecule has 352 valence electrons. The Kier molecular flexibility index (Phi) is 44.3. The first kappa shape index (κ1) is 63.4. The third-order valence-corrected chi connectivity index (χ3v) is 9.82. The zero-order valence-corrected chi connectivity index (χ0v) is 39.9. The van der Waals surface area contributed by atoms with Crippen LogP contribution in [0.25, 0.3) is 0 Å². The van der Waals surface area contributed by atoms with Gasteiger partial charge in [-0.05, 0) is 32.1 Å². The van der Waals surface area contributed by atoms with E-state index in [1.54, 1.807) is 14.1 Å². The van der Waals surface area contributed by atoms with Crippen molar-refractivity contribution in [2.75, 3.05) is 74.2 Å². The summed E-state index contributed by atoms with van der Waals surface area (Å²) in [6.45, 7) is 9.39. The van der Waals surface area contributed by atoms with Crippen molar-refractivity contribution in [2.24, 2.45) is 0 Å². The molecule has 0 aromatic rings. The number of rotatable bonds is 36. The van der Waals surface area contributed by atoms with Crippen LogP contribution in [-0.4, -0.2) is 135 Å². The molecule has 0 radical (unpaired) electrons. The molecule has 0 aliphatic carbocycles. The molecular formula is C44H86Cl2N2O11. The van der Waals surface area contributed by atoms with Crippen LogP contribution >= 0.6 is 0 Å². The van der Waals surface area contributed by atoms with Gasteiger partial charge in [-0.1, -0.05) is 117 Å². The SMILES string of the molecule is CC(=O)OCC[N+](C)(C)CC(=O)O.CCCCCCCCCCOC(=O)CCCCCCCC(O)C(CCCCCCCC)OC(=O)C[N+](C)(C)CCOC(C)=O.[Cl-].[Cl-]. The molecule has 0 fully saturated rings. The number of quaternary nitrogens is 2. The highest BCUT2D eigenvalue weighted by Gasteiger charge is 2.27. The second-order valence-electron chi connectivity index (χ2n) is 16.9.